The van der Waals surface area contributed by atoms with Crippen LogP contribution in [0.2, 0.25) is 0 Å². The molecule has 58 heavy (non-hydrogen) atoms. The van der Waals surface area contributed by atoms with Crippen LogP contribution in [0.4, 0.5) is 0 Å². The number of unbranched alkanes of at least 4 members (excludes halogenated alkanes) is 45. The van der Waals surface area contributed by atoms with Crippen LogP contribution in [-0.4, -0.2) is 24.3 Å². The highest BCUT2D eigenvalue weighted by Gasteiger charge is 2.03. The molecule has 0 aromatic carbocycles. The summed E-state index contributed by atoms with van der Waals surface area (Å²) in [5, 5.41) is 8.82. The quantitative estimate of drug-likeness (QED) is 0.0378. The van der Waals surface area contributed by atoms with Gasteiger partial charge in [0, 0.05) is 13.0 Å². The lowest BCUT2D eigenvalue weighted by atomic mass is 10.0. The Morgan fingerprint density at radius 3 is 0.862 bits per heavy atom. The highest BCUT2D eigenvalue weighted by atomic mass is 16.5. The second kappa shape index (κ2) is 54.2. The number of carbonyl (C=O) groups is 1. The van der Waals surface area contributed by atoms with E-state index in [0.717, 1.165) is 19.3 Å². The molecule has 0 fully saturated rings. The fourth-order valence-corrected chi connectivity index (χ4v) is 8.65. The Labute approximate surface area is 366 Å². The summed E-state index contributed by atoms with van der Waals surface area (Å²) in [6.45, 7) is 3.28. The van der Waals surface area contributed by atoms with Crippen molar-refractivity contribution >= 4 is 5.97 Å². The number of aliphatic hydroxyl groups excluding tert-OH is 1. The molecule has 0 aliphatic carbocycles. The van der Waals surface area contributed by atoms with Gasteiger partial charge in [-0.1, -0.05) is 282 Å². The largest absolute Gasteiger partial charge is 0.466 e. The molecule has 3 heteroatoms. The summed E-state index contributed by atoms with van der Waals surface area (Å²) in [4.78, 5) is 12.1. The van der Waals surface area contributed by atoms with E-state index in [9.17, 15) is 4.79 Å². The molecule has 0 unspecified atom stereocenters. The van der Waals surface area contributed by atoms with Crippen molar-refractivity contribution in [2.24, 2.45) is 0 Å². The first kappa shape index (κ1) is 57.2. The SMILES string of the molecule is CCCCCCC=CCCCCCCCCCCCC(=O)OCCCCCCCCCCCCCCCCCCCCCCCCCCCCCCCCCCCO. The van der Waals surface area contributed by atoms with Crippen LogP contribution in [0.1, 0.15) is 322 Å². The minimum Gasteiger partial charge on any atom is -0.466 e. The number of hydrogen-bond donors (Lipinski definition) is 1. The highest BCUT2D eigenvalue weighted by Crippen LogP contribution is 2.18. The lowest BCUT2D eigenvalue weighted by molar-refractivity contribution is -0.143. The third kappa shape index (κ3) is 53.2. The van der Waals surface area contributed by atoms with Gasteiger partial charge in [0.05, 0.1) is 6.61 Å². The monoisotopic (exact) mass is 817 g/mol. The lowest BCUT2D eigenvalue weighted by Crippen LogP contribution is -2.05. The fraction of sp³-hybridized carbons (Fsp3) is 0.945. The zero-order valence-electron chi connectivity index (χ0n) is 40.0. The molecule has 0 radical (unpaired) electrons. The fourth-order valence-electron chi connectivity index (χ4n) is 8.65. The van der Waals surface area contributed by atoms with E-state index in [-0.39, 0.29) is 5.97 Å². The van der Waals surface area contributed by atoms with Crippen molar-refractivity contribution in [2.75, 3.05) is 13.2 Å². The summed E-state index contributed by atoms with van der Waals surface area (Å²) in [6.07, 6.45) is 71.0. The molecule has 0 aliphatic heterocycles. The maximum atomic E-state index is 12.1. The van der Waals surface area contributed by atoms with Gasteiger partial charge in [-0.05, 0) is 44.9 Å². The number of carbonyl (C=O) groups excluding carboxylic acids is 1. The van der Waals surface area contributed by atoms with Gasteiger partial charge in [-0.15, -0.1) is 0 Å². The van der Waals surface area contributed by atoms with Gasteiger partial charge in [-0.3, -0.25) is 4.79 Å². The second-order valence-electron chi connectivity index (χ2n) is 18.7. The van der Waals surface area contributed by atoms with Gasteiger partial charge in [0.15, 0.2) is 0 Å². The van der Waals surface area contributed by atoms with Crippen molar-refractivity contribution in [1.82, 2.24) is 0 Å². The first-order chi connectivity index (χ1) is 28.8. The smallest absolute Gasteiger partial charge is 0.305 e. The summed E-state index contributed by atoms with van der Waals surface area (Å²) in [5.41, 5.74) is 0. The number of rotatable bonds is 52. The average molecular weight is 817 g/mol. The van der Waals surface area contributed by atoms with Crippen LogP contribution >= 0.6 is 0 Å². The Hall–Kier alpha value is -0.830. The highest BCUT2D eigenvalue weighted by molar-refractivity contribution is 5.69. The van der Waals surface area contributed by atoms with E-state index < -0.39 is 0 Å². The van der Waals surface area contributed by atoms with E-state index in [4.69, 9.17) is 9.84 Å². The van der Waals surface area contributed by atoms with Gasteiger partial charge in [-0.25, -0.2) is 0 Å². The Kier molecular flexibility index (Phi) is 53.4. The maximum absolute atomic E-state index is 12.1. The summed E-state index contributed by atoms with van der Waals surface area (Å²) in [6, 6.07) is 0. The molecule has 1 N–H and O–H groups in total. The molecule has 346 valence electrons. The van der Waals surface area contributed by atoms with Crippen LogP contribution < -0.4 is 0 Å². The van der Waals surface area contributed by atoms with Crippen molar-refractivity contribution < 1.29 is 14.6 Å². The molecule has 0 heterocycles. The van der Waals surface area contributed by atoms with Gasteiger partial charge in [0.2, 0.25) is 0 Å². The Morgan fingerprint density at radius 1 is 0.328 bits per heavy atom. The summed E-state index contributed by atoms with van der Waals surface area (Å²) < 4.78 is 5.49. The Morgan fingerprint density at radius 2 is 0.569 bits per heavy atom. The first-order valence-electron chi connectivity index (χ1n) is 27.2. The summed E-state index contributed by atoms with van der Waals surface area (Å²) >= 11 is 0. The van der Waals surface area contributed by atoms with Crippen LogP contribution in [0.25, 0.3) is 0 Å². The van der Waals surface area contributed by atoms with E-state index in [0.29, 0.717) is 19.6 Å². The lowest BCUT2D eigenvalue weighted by Gasteiger charge is -2.06. The molecule has 0 rings (SSSR count). The molecule has 0 spiro atoms. The van der Waals surface area contributed by atoms with Gasteiger partial charge in [0.1, 0.15) is 0 Å². The minimum absolute atomic E-state index is 0.0260. The average Bonchev–Trinajstić information content (AvgIpc) is 3.23. The van der Waals surface area contributed by atoms with Crippen molar-refractivity contribution in [3.05, 3.63) is 12.2 Å². The standard InChI is InChI=1S/C55H108O3/c1-2-3-4-5-6-7-8-9-10-28-31-34-37-40-43-46-49-52-55(57)58-54-51-48-45-42-39-36-33-30-27-25-23-21-19-17-15-13-11-12-14-16-18-20-22-24-26-29-32-35-38-41-44-47-50-53-56/h7-8,56H,2-6,9-54H2,1H3. The van der Waals surface area contributed by atoms with E-state index in [2.05, 4.69) is 19.1 Å². The Bertz CT molecular complexity index is 762. The number of hydrogen-bond acceptors (Lipinski definition) is 3. The molecule has 0 aliphatic rings. The predicted octanol–water partition coefficient (Wildman–Crippen LogP) is 19.2. The van der Waals surface area contributed by atoms with Gasteiger partial charge in [0.25, 0.3) is 0 Å². The van der Waals surface area contributed by atoms with E-state index in [1.165, 1.54) is 289 Å². The van der Waals surface area contributed by atoms with Crippen LogP contribution in [0, 0.1) is 0 Å². The first-order valence-corrected chi connectivity index (χ1v) is 27.2. The van der Waals surface area contributed by atoms with Crippen molar-refractivity contribution in [3.63, 3.8) is 0 Å². The third-order valence-electron chi connectivity index (χ3n) is 12.7. The summed E-state index contributed by atoms with van der Waals surface area (Å²) in [5.74, 6) is 0.0260. The predicted molar refractivity (Wildman–Crippen MR) is 259 cm³/mol. The van der Waals surface area contributed by atoms with E-state index >= 15 is 0 Å². The maximum Gasteiger partial charge on any atom is 0.305 e. The molecule has 0 saturated heterocycles. The number of esters is 1. The molecule has 3 nitrogen and oxygen atoms in total. The molecule has 0 atom stereocenters. The van der Waals surface area contributed by atoms with Crippen LogP contribution in [-0.2, 0) is 9.53 Å². The van der Waals surface area contributed by atoms with Gasteiger partial charge < -0.3 is 9.84 Å². The Balaban J connectivity index is 3.14. The zero-order chi connectivity index (χ0) is 41.8. The van der Waals surface area contributed by atoms with Crippen LogP contribution in [0.3, 0.4) is 0 Å². The molecule has 0 saturated carbocycles. The van der Waals surface area contributed by atoms with Gasteiger partial charge in [-0.2, -0.15) is 0 Å². The van der Waals surface area contributed by atoms with E-state index in [1.54, 1.807) is 0 Å². The summed E-state index contributed by atoms with van der Waals surface area (Å²) in [7, 11) is 0. The van der Waals surface area contributed by atoms with Crippen molar-refractivity contribution in [2.45, 2.75) is 322 Å². The zero-order valence-corrected chi connectivity index (χ0v) is 40.0. The molecular formula is C55H108O3. The molecule has 0 amide bonds. The molecular weight excluding hydrogens is 709 g/mol. The third-order valence-corrected chi connectivity index (χ3v) is 12.7. The second-order valence-corrected chi connectivity index (χ2v) is 18.7. The normalized spacial score (nSPS) is 11.7. The van der Waals surface area contributed by atoms with Crippen molar-refractivity contribution in [1.29, 1.82) is 0 Å². The molecule has 0 aromatic rings. The van der Waals surface area contributed by atoms with Crippen LogP contribution in [0.5, 0.6) is 0 Å². The van der Waals surface area contributed by atoms with Crippen LogP contribution in [0.15, 0.2) is 12.2 Å². The number of ether oxygens (including phenoxy) is 1. The number of allylic oxidation sites excluding steroid dienone is 2. The minimum atomic E-state index is 0.0260. The van der Waals surface area contributed by atoms with Crippen molar-refractivity contribution in [3.8, 4) is 0 Å². The number of aliphatic hydroxyl groups is 1. The topological polar surface area (TPSA) is 46.5 Å². The molecule has 0 aromatic heterocycles. The van der Waals surface area contributed by atoms with E-state index in [1.807, 2.05) is 0 Å². The van der Waals surface area contributed by atoms with Gasteiger partial charge >= 0.3 is 5.97 Å². The molecule has 0 bridgehead atoms.